The average molecular weight is 443 g/mol. The predicted octanol–water partition coefficient (Wildman–Crippen LogP) is 5.16. The standard InChI is InChI=1S/C23H23ClN2O5/c1-4-14(3)31-21-19(24)10-15(11-20(21)30-5-2)9-17(13-25)22(27)26-18-8-6-7-16(12-18)23(28)29/h6-12,14H,4-5H2,1-3H3,(H,26,27)(H,28,29)/b17-9-/t14-/m0/s1. The summed E-state index contributed by atoms with van der Waals surface area (Å²) in [4.78, 5) is 23.6. The Morgan fingerprint density at radius 2 is 2.03 bits per heavy atom. The van der Waals surface area contributed by atoms with E-state index in [4.69, 9.17) is 26.2 Å². The van der Waals surface area contributed by atoms with E-state index in [9.17, 15) is 14.9 Å². The molecule has 7 nitrogen and oxygen atoms in total. The Labute approximate surface area is 185 Å². The van der Waals surface area contributed by atoms with Crippen LogP contribution in [0.15, 0.2) is 42.0 Å². The van der Waals surface area contributed by atoms with E-state index in [-0.39, 0.29) is 22.9 Å². The van der Waals surface area contributed by atoms with Gasteiger partial charge in [-0.25, -0.2) is 4.79 Å². The van der Waals surface area contributed by atoms with Crippen LogP contribution in [0.1, 0.15) is 43.1 Å². The van der Waals surface area contributed by atoms with Crippen LogP contribution in [-0.4, -0.2) is 29.7 Å². The second-order valence-corrected chi connectivity index (χ2v) is 7.02. The highest BCUT2D eigenvalue weighted by Gasteiger charge is 2.16. The summed E-state index contributed by atoms with van der Waals surface area (Å²) >= 11 is 6.38. The number of amides is 1. The topological polar surface area (TPSA) is 109 Å². The number of aromatic carboxylic acids is 1. The van der Waals surface area contributed by atoms with Crippen molar-refractivity contribution in [3.05, 3.63) is 58.1 Å². The van der Waals surface area contributed by atoms with E-state index in [0.717, 1.165) is 6.42 Å². The van der Waals surface area contributed by atoms with Crippen LogP contribution in [0.3, 0.4) is 0 Å². The largest absolute Gasteiger partial charge is 0.490 e. The highest BCUT2D eigenvalue weighted by Crippen LogP contribution is 2.38. The first-order valence-corrected chi connectivity index (χ1v) is 10.1. The Hall–Kier alpha value is -3.50. The summed E-state index contributed by atoms with van der Waals surface area (Å²) in [6.45, 7) is 6.10. The molecule has 162 valence electrons. The number of carbonyl (C=O) groups is 2. The van der Waals surface area contributed by atoms with Gasteiger partial charge in [0, 0.05) is 5.69 Å². The van der Waals surface area contributed by atoms with Gasteiger partial charge in [-0.2, -0.15) is 5.26 Å². The van der Waals surface area contributed by atoms with Crippen LogP contribution in [0.2, 0.25) is 5.02 Å². The van der Waals surface area contributed by atoms with E-state index >= 15 is 0 Å². The van der Waals surface area contributed by atoms with Gasteiger partial charge < -0.3 is 19.9 Å². The van der Waals surface area contributed by atoms with Gasteiger partial charge in [-0.15, -0.1) is 0 Å². The lowest BCUT2D eigenvalue weighted by Gasteiger charge is -2.18. The zero-order valence-electron chi connectivity index (χ0n) is 17.4. The molecule has 8 heteroatoms. The van der Waals surface area contributed by atoms with Gasteiger partial charge >= 0.3 is 5.97 Å². The lowest BCUT2D eigenvalue weighted by Crippen LogP contribution is -2.14. The van der Waals surface area contributed by atoms with Crippen molar-refractivity contribution in [1.29, 1.82) is 5.26 Å². The molecule has 2 rings (SSSR count). The first-order valence-electron chi connectivity index (χ1n) is 9.68. The molecule has 0 heterocycles. The fourth-order valence-electron chi connectivity index (χ4n) is 2.58. The first kappa shape index (κ1) is 23.8. The number of hydrogen-bond acceptors (Lipinski definition) is 5. The SMILES string of the molecule is CCOc1cc(/C=C(/C#N)C(=O)Nc2cccc(C(=O)O)c2)cc(Cl)c1O[C@@H](C)CC. The Balaban J connectivity index is 2.34. The number of ether oxygens (including phenoxy) is 2. The van der Waals surface area contributed by atoms with E-state index in [1.165, 1.54) is 30.3 Å². The normalized spacial score (nSPS) is 11.9. The van der Waals surface area contributed by atoms with Crippen LogP contribution >= 0.6 is 11.6 Å². The maximum absolute atomic E-state index is 12.5. The molecular weight excluding hydrogens is 420 g/mol. The molecular formula is C23H23ClN2O5. The molecule has 0 saturated carbocycles. The summed E-state index contributed by atoms with van der Waals surface area (Å²) in [5.41, 5.74) is 0.576. The van der Waals surface area contributed by atoms with Gasteiger partial charge in [-0.1, -0.05) is 24.6 Å². The van der Waals surface area contributed by atoms with Crippen LogP contribution < -0.4 is 14.8 Å². The number of nitrogens with one attached hydrogen (secondary N) is 1. The molecule has 2 aromatic carbocycles. The molecule has 0 aliphatic carbocycles. The van der Waals surface area contributed by atoms with Crippen LogP contribution in [0.5, 0.6) is 11.5 Å². The third kappa shape index (κ3) is 6.49. The minimum Gasteiger partial charge on any atom is -0.490 e. The highest BCUT2D eigenvalue weighted by atomic mass is 35.5. The molecule has 0 radical (unpaired) electrons. The number of anilines is 1. The summed E-state index contributed by atoms with van der Waals surface area (Å²) in [7, 11) is 0. The first-order chi connectivity index (χ1) is 14.8. The summed E-state index contributed by atoms with van der Waals surface area (Å²) in [6.07, 6.45) is 2.09. The van der Waals surface area contributed by atoms with Crippen molar-refractivity contribution in [1.82, 2.24) is 0 Å². The van der Waals surface area contributed by atoms with Crippen molar-refractivity contribution < 1.29 is 24.2 Å². The van der Waals surface area contributed by atoms with Crippen LogP contribution in [-0.2, 0) is 4.79 Å². The molecule has 0 fully saturated rings. The summed E-state index contributed by atoms with van der Waals surface area (Å²) in [5.74, 6) is -0.985. The number of halogens is 1. The molecule has 1 atom stereocenters. The Kier molecular flexibility index (Phi) is 8.47. The van der Waals surface area contributed by atoms with Gasteiger partial charge in [-0.3, -0.25) is 4.79 Å². The molecule has 2 aromatic rings. The van der Waals surface area contributed by atoms with Crippen LogP contribution in [0, 0.1) is 11.3 Å². The molecule has 0 unspecified atom stereocenters. The van der Waals surface area contributed by atoms with Crippen LogP contribution in [0.4, 0.5) is 5.69 Å². The van der Waals surface area contributed by atoms with E-state index in [2.05, 4.69) is 5.32 Å². The highest BCUT2D eigenvalue weighted by molar-refractivity contribution is 6.32. The molecule has 0 aliphatic rings. The van der Waals surface area contributed by atoms with Crippen molar-refractivity contribution in [2.24, 2.45) is 0 Å². The van der Waals surface area contributed by atoms with Crippen molar-refractivity contribution in [3.8, 4) is 17.6 Å². The van der Waals surface area contributed by atoms with E-state index in [1.54, 1.807) is 12.1 Å². The second kappa shape index (κ2) is 11.0. The minimum atomic E-state index is -1.12. The molecule has 0 aromatic heterocycles. The number of nitriles is 1. The van der Waals surface area contributed by atoms with Gasteiger partial charge in [0.2, 0.25) is 0 Å². The van der Waals surface area contributed by atoms with E-state index < -0.39 is 11.9 Å². The van der Waals surface area contributed by atoms with Crippen molar-refractivity contribution in [3.63, 3.8) is 0 Å². The smallest absolute Gasteiger partial charge is 0.335 e. The van der Waals surface area contributed by atoms with Gasteiger partial charge in [0.25, 0.3) is 5.91 Å². The Morgan fingerprint density at radius 3 is 2.65 bits per heavy atom. The molecule has 2 N–H and O–H groups in total. The monoisotopic (exact) mass is 442 g/mol. The maximum Gasteiger partial charge on any atom is 0.335 e. The van der Waals surface area contributed by atoms with Crippen molar-refractivity contribution in [2.45, 2.75) is 33.3 Å². The number of nitrogens with zero attached hydrogens (tertiary/aromatic N) is 1. The zero-order valence-corrected chi connectivity index (χ0v) is 18.2. The number of carboxylic acids is 1. The van der Waals surface area contributed by atoms with Gasteiger partial charge in [-0.05, 0) is 62.2 Å². The lowest BCUT2D eigenvalue weighted by atomic mass is 10.1. The minimum absolute atomic E-state index is 0.0188. The molecule has 1 amide bonds. The van der Waals surface area contributed by atoms with Gasteiger partial charge in [0.15, 0.2) is 11.5 Å². The zero-order chi connectivity index (χ0) is 23.0. The molecule has 0 spiro atoms. The maximum atomic E-state index is 12.5. The van der Waals surface area contributed by atoms with Gasteiger partial charge in [0.05, 0.1) is 23.3 Å². The summed E-state index contributed by atoms with van der Waals surface area (Å²) in [6, 6.07) is 10.8. The Morgan fingerprint density at radius 1 is 1.29 bits per heavy atom. The summed E-state index contributed by atoms with van der Waals surface area (Å²) < 4.78 is 11.5. The molecule has 0 bridgehead atoms. The third-order valence-electron chi connectivity index (χ3n) is 4.27. The summed E-state index contributed by atoms with van der Waals surface area (Å²) in [5, 5.41) is 21.4. The number of carbonyl (C=O) groups excluding carboxylic acids is 1. The molecule has 0 saturated heterocycles. The predicted molar refractivity (Wildman–Crippen MR) is 119 cm³/mol. The van der Waals surface area contributed by atoms with Gasteiger partial charge in [0.1, 0.15) is 11.6 Å². The second-order valence-electron chi connectivity index (χ2n) is 6.61. The number of benzene rings is 2. The van der Waals surface area contributed by atoms with E-state index in [1.807, 2.05) is 26.8 Å². The lowest BCUT2D eigenvalue weighted by molar-refractivity contribution is -0.112. The van der Waals surface area contributed by atoms with Crippen molar-refractivity contribution in [2.75, 3.05) is 11.9 Å². The average Bonchev–Trinajstić information content (AvgIpc) is 2.74. The number of rotatable bonds is 9. The Bertz CT molecular complexity index is 1040. The number of carboxylic acid groups (broad SMARTS) is 1. The molecule has 31 heavy (non-hydrogen) atoms. The van der Waals surface area contributed by atoms with E-state index in [0.29, 0.717) is 28.7 Å². The quantitative estimate of drug-likeness (QED) is 0.410. The fourth-order valence-corrected chi connectivity index (χ4v) is 2.84. The van der Waals surface area contributed by atoms with Crippen molar-refractivity contribution >= 4 is 35.2 Å². The number of hydrogen-bond donors (Lipinski definition) is 2. The molecule has 0 aliphatic heterocycles. The third-order valence-corrected chi connectivity index (χ3v) is 4.55. The van der Waals surface area contributed by atoms with Crippen LogP contribution in [0.25, 0.3) is 6.08 Å². The fraction of sp³-hybridized carbons (Fsp3) is 0.261.